The van der Waals surface area contributed by atoms with Gasteiger partial charge in [0.1, 0.15) is 12.1 Å². The highest BCUT2D eigenvalue weighted by Crippen LogP contribution is 2.37. The fourth-order valence-corrected chi connectivity index (χ4v) is 3.07. The summed E-state index contributed by atoms with van der Waals surface area (Å²) in [5, 5.41) is 5.44. The van der Waals surface area contributed by atoms with Crippen LogP contribution in [0.5, 0.6) is 5.75 Å². The summed E-state index contributed by atoms with van der Waals surface area (Å²) in [6.07, 6.45) is 2.19. The highest BCUT2D eigenvalue weighted by atomic mass is 16.5. The predicted octanol–water partition coefficient (Wildman–Crippen LogP) is 1.67. The zero-order chi connectivity index (χ0) is 18.4. The van der Waals surface area contributed by atoms with Crippen molar-refractivity contribution in [1.82, 2.24) is 19.7 Å². The molecule has 4 N–H and O–H groups in total. The van der Waals surface area contributed by atoms with Gasteiger partial charge in [0, 0.05) is 18.2 Å². The number of aryl methyl sites for hydroxylation is 1. The summed E-state index contributed by atoms with van der Waals surface area (Å²) in [5.74, 6) is 8.01. The van der Waals surface area contributed by atoms with Crippen LogP contribution in [0.2, 0.25) is 0 Å². The van der Waals surface area contributed by atoms with E-state index >= 15 is 0 Å². The standard InChI is InChI=1S/C17H19N7O2/c1-9(18)13-7-15-16(17-21-10(2)22-26-17)20-8-23(15)12-5-4-11(25-3)6-14(12)24(13)19/h4-6,8H,7,18-19H2,1-3H3/b13-9-. The molecule has 0 radical (unpaired) electrons. The van der Waals surface area contributed by atoms with Crippen LogP contribution in [0.1, 0.15) is 18.4 Å². The summed E-state index contributed by atoms with van der Waals surface area (Å²) in [6, 6.07) is 5.66. The van der Waals surface area contributed by atoms with E-state index in [0.29, 0.717) is 35.3 Å². The zero-order valence-corrected chi connectivity index (χ0v) is 14.7. The van der Waals surface area contributed by atoms with E-state index < -0.39 is 0 Å². The number of imidazole rings is 1. The monoisotopic (exact) mass is 353 g/mol. The second kappa shape index (κ2) is 5.88. The van der Waals surface area contributed by atoms with Gasteiger partial charge < -0.3 is 15.0 Å². The fourth-order valence-electron chi connectivity index (χ4n) is 3.07. The van der Waals surface area contributed by atoms with Crippen molar-refractivity contribution in [1.29, 1.82) is 0 Å². The number of aromatic nitrogens is 4. The first kappa shape index (κ1) is 16.2. The van der Waals surface area contributed by atoms with E-state index in [0.717, 1.165) is 22.8 Å². The Morgan fingerprint density at radius 3 is 2.77 bits per heavy atom. The molecule has 0 bridgehead atoms. The molecule has 0 fully saturated rings. The van der Waals surface area contributed by atoms with Crippen LogP contribution in [-0.2, 0) is 6.42 Å². The molecule has 134 valence electrons. The third kappa shape index (κ3) is 2.40. The lowest BCUT2D eigenvalue weighted by Gasteiger charge is -2.23. The Balaban J connectivity index is 1.98. The lowest BCUT2D eigenvalue weighted by molar-refractivity contribution is 0.415. The SMILES string of the molecule is COc1ccc2c(c1)N(N)/C(=C(/C)N)Cc1c(-c3nc(C)no3)ncn1-2. The van der Waals surface area contributed by atoms with Gasteiger partial charge in [0.05, 0.1) is 29.9 Å². The van der Waals surface area contributed by atoms with Crippen molar-refractivity contribution >= 4 is 5.69 Å². The van der Waals surface area contributed by atoms with E-state index in [1.54, 1.807) is 25.4 Å². The Kier molecular flexibility index (Phi) is 3.66. The van der Waals surface area contributed by atoms with E-state index in [1.807, 2.05) is 29.7 Å². The zero-order valence-electron chi connectivity index (χ0n) is 14.7. The van der Waals surface area contributed by atoms with Gasteiger partial charge in [0.25, 0.3) is 5.89 Å². The molecule has 0 atom stereocenters. The maximum atomic E-state index is 6.40. The second-order valence-corrected chi connectivity index (χ2v) is 6.09. The van der Waals surface area contributed by atoms with Crippen LogP contribution in [0, 0.1) is 6.92 Å². The van der Waals surface area contributed by atoms with Crippen LogP contribution in [0.15, 0.2) is 40.4 Å². The highest BCUT2D eigenvalue weighted by Gasteiger charge is 2.28. The van der Waals surface area contributed by atoms with Gasteiger partial charge in [0.15, 0.2) is 11.5 Å². The molecule has 3 aromatic rings. The molecule has 3 heterocycles. The lowest BCUT2D eigenvalue weighted by atomic mass is 10.1. The molecule has 9 heteroatoms. The maximum absolute atomic E-state index is 6.40. The second-order valence-electron chi connectivity index (χ2n) is 6.09. The summed E-state index contributed by atoms with van der Waals surface area (Å²) in [6.45, 7) is 3.58. The molecule has 26 heavy (non-hydrogen) atoms. The Morgan fingerprint density at radius 1 is 1.31 bits per heavy atom. The Bertz CT molecular complexity index is 1010. The Morgan fingerprint density at radius 2 is 2.12 bits per heavy atom. The lowest BCUT2D eigenvalue weighted by Crippen LogP contribution is -2.32. The normalized spacial score (nSPS) is 15.3. The summed E-state index contributed by atoms with van der Waals surface area (Å²) < 4.78 is 12.6. The van der Waals surface area contributed by atoms with E-state index in [9.17, 15) is 0 Å². The highest BCUT2D eigenvalue weighted by molar-refractivity contribution is 5.71. The molecule has 0 saturated carbocycles. The van der Waals surface area contributed by atoms with Crippen LogP contribution >= 0.6 is 0 Å². The number of benzene rings is 1. The number of hydrazine groups is 1. The minimum Gasteiger partial charge on any atom is -0.497 e. The first-order chi connectivity index (χ1) is 12.5. The van der Waals surface area contributed by atoms with Gasteiger partial charge >= 0.3 is 0 Å². The molecule has 0 unspecified atom stereocenters. The van der Waals surface area contributed by atoms with Crippen molar-refractivity contribution in [3.63, 3.8) is 0 Å². The number of rotatable bonds is 2. The molecule has 0 spiro atoms. The van der Waals surface area contributed by atoms with E-state index in [4.69, 9.17) is 20.8 Å². The number of ether oxygens (including phenoxy) is 1. The number of nitrogens with two attached hydrogens (primary N) is 2. The summed E-state index contributed by atoms with van der Waals surface area (Å²) >= 11 is 0. The number of methoxy groups -OCH3 is 1. The quantitative estimate of drug-likeness (QED) is 0.667. The van der Waals surface area contributed by atoms with E-state index in [-0.39, 0.29) is 0 Å². The van der Waals surface area contributed by atoms with E-state index in [1.165, 1.54) is 0 Å². The van der Waals surface area contributed by atoms with Gasteiger partial charge in [0.2, 0.25) is 0 Å². The molecule has 4 rings (SSSR count). The summed E-state index contributed by atoms with van der Waals surface area (Å²) in [4.78, 5) is 8.79. The number of fused-ring (bicyclic) bond motifs is 3. The van der Waals surface area contributed by atoms with Gasteiger partial charge in [-0.3, -0.25) is 9.58 Å². The largest absolute Gasteiger partial charge is 0.497 e. The molecule has 0 aliphatic carbocycles. The minimum atomic E-state index is 0.366. The molecule has 1 aromatic carbocycles. The van der Waals surface area contributed by atoms with Crippen LogP contribution in [-0.4, -0.2) is 26.8 Å². The fraction of sp³-hybridized carbons (Fsp3) is 0.235. The molecule has 0 amide bonds. The number of allylic oxidation sites excluding steroid dienone is 2. The Hall–Kier alpha value is -3.33. The smallest absolute Gasteiger partial charge is 0.278 e. The molecular formula is C17H19N7O2. The predicted molar refractivity (Wildman–Crippen MR) is 95.4 cm³/mol. The first-order valence-electron chi connectivity index (χ1n) is 8.05. The van der Waals surface area contributed by atoms with Crippen molar-refractivity contribution in [2.75, 3.05) is 12.1 Å². The van der Waals surface area contributed by atoms with Gasteiger partial charge in [-0.1, -0.05) is 5.16 Å². The van der Waals surface area contributed by atoms with Crippen molar-refractivity contribution in [2.24, 2.45) is 11.6 Å². The number of hydrogen-bond acceptors (Lipinski definition) is 8. The summed E-state index contributed by atoms with van der Waals surface area (Å²) in [5.41, 5.74) is 10.6. The molecular weight excluding hydrogens is 334 g/mol. The number of anilines is 1. The summed E-state index contributed by atoms with van der Waals surface area (Å²) in [7, 11) is 1.61. The average molecular weight is 353 g/mol. The topological polar surface area (TPSA) is 121 Å². The van der Waals surface area contributed by atoms with Crippen LogP contribution in [0.3, 0.4) is 0 Å². The average Bonchev–Trinajstić information content (AvgIpc) is 3.21. The minimum absolute atomic E-state index is 0.366. The molecule has 1 aliphatic heterocycles. The number of nitrogens with zero attached hydrogens (tertiary/aromatic N) is 5. The molecule has 1 aliphatic rings. The van der Waals surface area contributed by atoms with Gasteiger partial charge in [-0.25, -0.2) is 10.8 Å². The van der Waals surface area contributed by atoms with Crippen LogP contribution < -0.4 is 21.3 Å². The van der Waals surface area contributed by atoms with Crippen molar-refractivity contribution in [3.05, 3.63) is 47.4 Å². The van der Waals surface area contributed by atoms with Crippen molar-refractivity contribution < 1.29 is 9.26 Å². The van der Waals surface area contributed by atoms with Gasteiger partial charge in [-0.05, 0) is 26.0 Å². The molecule has 0 saturated heterocycles. The first-order valence-corrected chi connectivity index (χ1v) is 8.05. The number of hydrogen-bond donors (Lipinski definition) is 2. The maximum Gasteiger partial charge on any atom is 0.278 e. The van der Waals surface area contributed by atoms with E-state index in [2.05, 4.69) is 15.1 Å². The van der Waals surface area contributed by atoms with Crippen LogP contribution in [0.4, 0.5) is 5.69 Å². The Labute approximate surface area is 149 Å². The molecule has 2 aromatic heterocycles. The third-order valence-corrected chi connectivity index (χ3v) is 4.38. The molecule has 9 nitrogen and oxygen atoms in total. The van der Waals surface area contributed by atoms with Gasteiger partial charge in [-0.2, -0.15) is 4.98 Å². The van der Waals surface area contributed by atoms with Crippen molar-refractivity contribution in [2.45, 2.75) is 20.3 Å². The van der Waals surface area contributed by atoms with Crippen LogP contribution in [0.25, 0.3) is 17.3 Å². The third-order valence-electron chi connectivity index (χ3n) is 4.38. The van der Waals surface area contributed by atoms with Gasteiger partial charge in [-0.15, -0.1) is 0 Å². The van der Waals surface area contributed by atoms with Crippen molar-refractivity contribution in [3.8, 4) is 23.0 Å².